The zero-order valence-corrected chi connectivity index (χ0v) is 26.3. The van der Waals surface area contributed by atoms with Gasteiger partial charge in [-0.25, -0.2) is 29.5 Å². The van der Waals surface area contributed by atoms with Gasteiger partial charge in [0.2, 0.25) is 0 Å². The molecule has 0 aromatic carbocycles. The first kappa shape index (κ1) is 30.8. The summed E-state index contributed by atoms with van der Waals surface area (Å²) in [5, 5.41) is 6.47. The van der Waals surface area contributed by atoms with Gasteiger partial charge in [0.15, 0.2) is 16.1 Å². The highest BCUT2D eigenvalue weighted by Gasteiger charge is 2.31. The number of halogens is 3. The molecule has 0 atom stereocenters. The van der Waals surface area contributed by atoms with Crippen LogP contribution in [0.5, 0.6) is 0 Å². The molecule has 4 aromatic rings. The summed E-state index contributed by atoms with van der Waals surface area (Å²) < 4.78 is 20.7. The van der Waals surface area contributed by atoms with Crippen LogP contribution in [0.2, 0.25) is 10.0 Å². The van der Waals surface area contributed by atoms with Gasteiger partial charge in [0.05, 0.1) is 33.6 Å². The minimum atomic E-state index is -0.571. The van der Waals surface area contributed by atoms with Gasteiger partial charge in [0.25, 0.3) is 0 Å². The van der Waals surface area contributed by atoms with Gasteiger partial charge in [0, 0.05) is 11.8 Å². The Morgan fingerprint density at radius 1 is 0.837 bits per heavy atom. The fraction of sp³-hybridized carbons (Fsp3) is 0.357. The summed E-state index contributed by atoms with van der Waals surface area (Å²) in [5.74, 6) is 3.00. The molecule has 12 nitrogen and oxygen atoms in total. The van der Waals surface area contributed by atoms with Gasteiger partial charge in [-0.05, 0) is 65.9 Å². The Morgan fingerprint density at radius 3 is 1.74 bits per heavy atom. The van der Waals surface area contributed by atoms with E-state index < -0.39 is 11.9 Å². The fourth-order valence-corrected chi connectivity index (χ4v) is 4.67. The van der Waals surface area contributed by atoms with Crippen molar-refractivity contribution in [2.75, 3.05) is 24.9 Å². The van der Waals surface area contributed by atoms with E-state index in [4.69, 9.17) is 41.5 Å². The Bertz CT molecular complexity index is 1610. The molecule has 2 aliphatic rings. The predicted molar refractivity (Wildman–Crippen MR) is 160 cm³/mol. The van der Waals surface area contributed by atoms with E-state index in [1.165, 1.54) is 14.2 Å². The molecule has 6 rings (SSSR count). The molecule has 43 heavy (non-hydrogen) atoms. The average molecular weight is 694 g/mol. The van der Waals surface area contributed by atoms with Crippen LogP contribution in [-0.4, -0.2) is 46.1 Å². The second-order valence-electron chi connectivity index (χ2n) is 9.71. The van der Waals surface area contributed by atoms with Crippen LogP contribution in [0.4, 0.5) is 11.6 Å². The van der Waals surface area contributed by atoms with Gasteiger partial charge in [-0.2, -0.15) is 0 Å². The molecule has 0 unspecified atom stereocenters. The first-order chi connectivity index (χ1) is 20.8. The summed E-state index contributed by atoms with van der Waals surface area (Å²) in [6.07, 6.45) is 5.69. The number of nitrogens with one attached hydrogen (secondary N) is 2. The number of furan rings is 2. The lowest BCUT2D eigenvalue weighted by Crippen LogP contribution is -2.12. The molecule has 0 bridgehead atoms. The lowest BCUT2D eigenvalue weighted by atomic mass is 10.3. The highest BCUT2D eigenvalue weighted by atomic mass is 79.9. The first-order valence-corrected chi connectivity index (χ1v) is 14.9. The lowest BCUT2D eigenvalue weighted by Gasteiger charge is -2.11. The predicted octanol–water partition coefficient (Wildman–Crippen LogP) is 6.76. The minimum absolute atomic E-state index is 0.0872. The van der Waals surface area contributed by atoms with Crippen molar-refractivity contribution in [1.29, 1.82) is 0 Å². The second-order valence-corrected chi connectivity index (χ2v) is 11.2. The van der Waals surface area contributed by atoms with Crippen molar-refractivity contribution in [3.05, 3.63) is 79.8 Å². The van der Waals surface area contributed by atoms with Crippen molar-refractivity contribution in [2.45, 2.75) is 50.6 Å². The zero-order chi connectivity index (χ0) is 30.5. The molecule has 0 radical (unpaired) electrons. The van der Waals surface area contributed by atoms with Gasteiger partial charge in [-0.15, -0.1) is 0 Å². The molecule has 0 aliphatic heterocycles. The molecule has 4 aromatic heterocycles. The Morgan fingerprint density at radius 2 is 1.35 bits per heavy atom. The summed E-state index contributed by atoms with van der Waals surface area (Å²) in [6, 6.07) is 7.27. The van der Waals surface area contributed by atoms with E-state index in [0.717, 1.165) is 31.4 Å². The molecule has 4 heterocycles. The number of nitrogens with zero attached hydrogens (tertiary/aromatic N) is 4. The molecule has 15 heteroatoms. The van der Waals surface area contributed by atoms with E-state index in [1.54, 1.807) is 18.4 Å². The normalized spacial score (nSPS) is 14.0. The maximum absolute atomic E-state index is 11.8. The SMILES string of the molecule is COC(=O)c1nc(C2CC2)nc(NCc2ccc(Br)o2)c1Cl.COC(=O)c1nc(C2CC2)nc(NCc2ccco2)c1Cl. The van der Waals surface area contributed by atoms with E-state index in [1.807, 2.05) is 12.1 Å². The second kappa shape index (κ2) is 13.7. The number of carbonyl (C=O) groups excluding carboxylic acids is 2. The van der Waals surface area contributed by atoms with Crippen LogP contribution in [0, 0.1) is 0 Å². The standard InChI is InChI=1S/C14H13BrClN3O3.C14H14ClN3O3/c1-21-14(20)11-10(16)13(19-12(18-11)7-2-3-7)17-6-8-4-5-9(15)22-8;1-20-14(19)11-10(15)13(16-7-9-3-2-6-21-9)18-12(17-11)8-4-5-8/h4-5,7H,2-3,6H2,1H3,(H,17,18,19);2-3,6,8H,4-5,7H2,1H3,(H,16,17,18). The van der Waals surface area contributed by atoms with Crippen LogP contribution in [0.15, 0.2) is 44.0 Å². The molecule has 2 N–H and O–H groups in total. The van der Waals surface area contributed by atoms with Crippen molar-refractivity contribution in [2.24, 2.45) is 0 Å². The Kier molecular flexibility index (Phi) is 9.83. The summed E-state index contributed by atoms with van der Waals surface area (Å²) in [5.41, 5.74) is 0.183. The Labute approximate surface area is 265 Å². The molecule has 2 aliphatic carbocycles. The number of carbonyl (C=O) groups is 2. The lowest BCUT2D eigenvalue weighted by molar-refractivity contribution is 0.0585. The minimum Gasteiger partial charge on any atom is -0.467 e. The van der Waals surface area contributed by atoms with Gasteiger partial charge >= 0.3 is 11.9 Å². The third-order valence-electron chi connectivity index (χ3n) is 6.45. The molecule has 0 amide bonds. The van der Waals surface area contributed by atoms with Crippen LogP contribution in [0.3, 0.4) is 0 Å². The van der Waals surface area contributed by atoms with E-state index in [9.17, 15) is 9.59 Å². The number of methoxy groups -OCH3 is 2. The third-order valence-corrected chi connectivity index (χ3v) is 7.59. The van der Waals surface area contributed by atoms with E-state index in [-0.39, 0.29) is 21.4 Å². The van der Waals surface area contributed by atoms with Gasteiger partial charge in [-0.1, -0.05) is 23.2 Å². The highest BCUT2D eigenvalue weighted by Crippen LogP contribution is 2.40. The Balaban J connectivity index is 0.000000171. The Hall–Kier alpha value is -3.68. The van der Waals surface area contributed by atoms with Crippen molar-refractivity contribution < 1.29 is 27.9 Å². The summed E-state index contributed by atoms with van der Waals surface area (Å²) in [7, 11) is 2.60. The van der Waals surface area contributed by atoms with Gasteiger partial charge in [0.1, 0.15) is 44.9 Å². The molecule has 226 valence electrons. The summed E-state index contributed by atoms with van der Waals surface area (Å²) in [6.45, 7) is 0.821. The molecule has 0 saturated heterocycles. The van der Waals surface area contributed by atoms with Crippen LogP contribution in [-0.2, 0) is 22.6 Å². The smallest absolute Gasteiger partial charge is 0.358 e. The van der Waals surface area contributed by atoms with Crippen molar-refractivity contribution in [1.82, 2.24) is 19.9 Å². The van der Waals surface area contributed by atoms with E-state index >= 15 is 0 Å². The van der Waals surface area contributed by atoms with Crippen molar-refractivity contribution in [3.63, 3.8) is 0 Å². The molecule has 2 fully saturated rings. The molecular formula is C28H27BrCl2N6O6. The monoisotopic (exact) mass is 692 g/mol. The molecular weight excluding hydrogens is 667 g/mol. The van der Waals surface area contributed by atoms with Crippen molar-refractivity contribution in [3.8, 4) is 0 Å². The number of hydrogen-bond acceptors (Lipinski definition) is 12. The number of ether oxygens (including phenoxy) is 2. The van der Waals surface area contributed by atoms with Gasteiger partial charge in [-0.3, -0.25) is 0 Å². The quantitative estimate of drug-likeness (QED) is 0.169. The zero-order valence-electron chi connectivity index (χ0n) is 23.2. The summed E-state index contributed by atoms with van der Waals surface area (Å²) >= 11 is 15.7. The fourth-order valence-electron chi connectivity index (χ4n) is 3.88. The maximum atomic E-state index is 11.8. The maximum Gasteiger partial charge on any atom is 0.358 e. The number of aromatic nitrogens is 4. The number of anilines is 2. The molecule has 0 spiro atoms. The highest BCUT2D eigenvalue weighted by molar-refractivity contribution is 9.10. The first-order valence-electron chi connectivity index (χ1n) is 13.3. The average Bonchev–Trinajstić information content (AvgIpc) is 3.95. The van der Waals surface area contributed by atoms with E-state index in [2.05, 4.69) is 46.5 Å². The largest absolute Gasteiger partial charge is 0.467 e. The van der Waals surface area contributed by atoms with Crippen LogP contribution < -0.4 is 10.6 Å². The third kappa shape index (κ3) is 7.84. The molecule has 2 saturated carbocycles. The van der Waals surface area contributed by atoms with Crippen LogP contribution in [0.25, 0.3) is 0 Å². The van der Waals surface area contributed by atoms with Crippen molar-refractivity contribution >= 4 is 62.7 Å². The topological polar surface area (TPSA) is 154 Å². The number of esters is 2. The van der Waals surface area contributed by atoms with Gasteiger partial charge < -0.3 is 28.9 Å². The van der Waals surface area contributed by atoms with Crippen LogP contribution in [0.1, 0.15) is 81.7 Å². The number of rotatable bonds is 10. The number of hydrogen-bond donors (Lipinski definition) is 2. The summed E-state index contributed by atoms with van der Waals surface area (Å²) in [4.78, 5) is 40.9. The van der Waals surface area contributed by atoms with E-state index in [0.29, 0.717) is 58.6 Å². The van der Waals surface area contributed by atoms with Crippen LogP contribution >= 0.6 is 39.1 Å².